The van der Waals surface area contributed by atoms with Crippen LogP contribution >= 0.6 is 15.9 Å². The number of carbonyl (C=O) groups is 1. The molecule has 0 atom stereocenters. The van der Waals surface area contributed by atoms with Crippen molar-refractivity contribution in [2.75, 3.05) is 50.8 Å². The van der Waals surface area contributed by atoms with Crippen LogP contribution in [-0.4, -0.2) is 56.9 Å². The van der Waals surface area contributed by atoms with E-state index in [1.165, 1.54) is 5.69 Å². The van der Waals surface area contributed by atoms with Gasteiger partial charge in [-0.15, -0.1) is 0 Å². The second-order valence-electron chi connectivity index (χ2n) is 4.95. The Bertz CT molecular complexity index is 445. The fourth-order valence-electron chi connectivity index (χ4n) is 2.38. The van der Waals surface area contributed by atoms with Crippen molar-refractivity contribution in [2.45, 2.75) is 6.92 Å². The van der Waals surface area contributed by atoms with Gasteiger partial charge in [-0.3, -0.25) is 4.90 Å². The summed E-state index contributed by atoms with van der Waals surface area (Å²) in [5.41, 5.74) is 1.27. The van der Waals surface area contributed by atoms with Crippen molar-refractivity contribution >= 4 is 27.7 Å². The SMILES string of the molecule is CCOC(=O)NCCN1CCN(c2ccc(Br)cc2)CC1. The molecule has 1 aromatic rings. The molecule has 2 rings (SSSR count). The van der Waals surface area contributed by atoms with Crippen molar-refractivity contribution in [1.82, 2.24) is 10.2 Å². The summed E-state index contributed by atoms with van der Waals surface area (Å²) in [6.45, 7) is 7.78. The standard InChI is InChI=1S/C15H22BrN3O2/c1-2-21-15(20)17-7-8-18-9-11-19(12-10-18)14-5-3-13(16)4-6-14/h3-6H,2,7-12H2,1H3,(H,17,20). The van der Waals surface area contributed by atoms with Gasteiger partial charge in [0, 0.05) is 49.4 Å². The fourth-order valence-corrected chi connectivity index (χ4v) is 2.64. The maximum Gasteiger partial charge on any atom is 0.407 e. The van der Waals surface area contributed by atoms with Crippen molar-refractivity contribution in [3.8, 4) is 0 Å². The molecular weight excluding hydrogens is 334 g/mol. The maximum absolute atomic E-state index is 11.2. The van der Waals surface area contributed by atoms with Crippen LogP contribution in [0.25, 0.3) is 0 Å². The summed E-state index contributed by atoms with van der Waals surface area (Å²) in [5.74, 6) is 0. The summed E-state index contributed by atoms with van der Waals surface area (Å²) < 4.78 is 5.94. The summed E-state index contributed by atoms with van der Waals surface area (Å²) in [5, 5.41) is 2.76. The minimum Gasteiger partial charge on any atom is -0.450 e. The molecule has 1 aromatic carbocycles. The number of anilines is 1. The van der Waals surface area contributed by atoms with Crippen LogP contribution < -0.4 is 10.2 Å². The fraction of sp³-hybridized carbons (Fsp3) is 0.533. The molecule has 0 aliphatic carbocycles. The summed E-state index contributed by atoms with van der Waals surface area (Å²) >= 11 is 3.46. The Morgan fingerprint density at radius 1 is 1.24 bits per heavy atom. The number of nitrogens with one attached hydrogen (secondary N) is 1. The zero-order chi connectivity index (χ0) is 15.1. The highest BCUT2D eigenvalue weighted by molar-refractivity contribution is 9.10. The van der Waals surface area contributed by atoms with Crippen molar-refractivity contribution in [3.63, 3.8) is 0 Å². The molecule has 0 bridgehead atoms. The Balaban J connectivity index is 1.68. The molecule has 1 amide bonds. The first-order chi connectivity index (χ1) is 10.2. The molecule has 0 unspecified atom stereocenters. The number of halogens is 1. The van der Waals surface area contributed by atoms with Crippen molar-refractivity contribution < 1.29 is 9.53 Å². The highest BCUT2D eigenvalue weighted by Gasteiger charge is 2.16. The first-order valence-electron chi connectivity index (χ1n) is 7.32. The molecule has 0 radical (unpaired) electrons. The lowest BCUT2D eigenvalue weighted by Gasteiger charge is -2.36. The second-order valence-corrected chi connectivity index (χ2v) is 5.87. The molecule has 0 spiro atoms. The molecule has 21 heavy (non-hydrogen) atoms. The first kappa shape index (κ1) is 16.1. The van der Waals surface area contributed by atoms with Crippen molar-refractivity contribution in [2.24, 2.45) is 0 Å². The lowest BCUT2D eigenvalue weighted by molar-refractivity contribution is 0.150. The molecule has 1 heterocycles. The van der Waals surface area contributed by atoms with E-state index >= 15 is 0 Å². The topological polar surface area (TPSA) is 44.8 Å². The van der Waals surface area contributed by atoms with Gasteiger partial charge in [0.05, 0.1) is 6.61 Å². The Hall–Kier alpha value is -1.27. The molecule has 1 N–H and O–H groups in total. The van der Waals surface area contributed by atoms with Crippen LogP contribution in [0.1, 0.15) is 6.92 Å². The smallest absolute Gasteiger partial charge is 0.407 e. The average molecular weight is 356 g/mol. The van der Waals surface area contributed by atoms with Gasteiger partial charge in [0.25, 0.3) is 0 Å². The third-order valence-corrected chi connectivity index (χ3v) is 4.07. The summed E-state index contributed by atoms with van der Waals surface area (Å²) in [6, 6.07) is 8.43. The quantitative estimate of drug-likeness (QED) is 0.880. The summed E-state index contributed by atoms with van der Waals surface area (Å²) in [7, 11) is 0. The van der Waals surface area contributed by atoms with Gasteiger partial charge >= 0.3 is 6.09 Å². The van der Waals surface area contributed by atoms with Gasteiger partial charge in [0.1, 0.15) is 0 Å². The molecule has 1 aliphatic heterocycles. The van der Waals surface area contributed by atoms with Crippen LogP contribution in [0.5, 0.6) is 0 Å². The van der Waals surface area contributed by atoms with E-state index in [9.17, 15) is 4.79 Å². The van der Waals surface area contributed by atoms with Gasteiger partial charge in [-0.25, -0.2) is 4.79 Å². The highest BCUT2D eigenvalue weighted by Crippen LogP contribution is 2.19. The largest absolute Gasteiger partial charge is 0.450 e. The van der Waals surface area contributed by atoms with E-state index in [1.54, 1.807) is 6.92 Å². The number of hydrogen-bond acceptors (Lipinski definition) is 4. The van der Waals surface area contributed by atoms with E-state index in [0.717, 1.165) is 37.2 Å². The van der Waals surface area contributed by atoms with Crippen molar-refractivity contribution in [3.05, 3.63) is 28.7 Å². The normalized spacial score (nSPS) is 15.8. The zero-order valence-electron chi connectivity index (χ0n) is 12.3. The van der Waals surface area contributed by atoms with E-state index in [2.05, 4.69) is 55.3 Å². The van der Waals surface area contributed by atoms with Gasteiger partial charge in [-0.2, -0.15) is 0 Å². The van der Waals surface area contributed by atoms with Gasteiger partial charge in [0.15, 0.2) is 0 Å². The molecular formula is C15H22BrN3O2. The number of ether oxygens (including phenoxy) is 1. The highest BCUT2D eigenvalue weighted by atomic mass is 79.9. The number of benzene rings is 1. The molecule has 1 aliphatic rings. The zero-order valence-corrected chi connectivity index (χ0v) is 13.9. The van der Waals surface area contributed by atoms with Crippen molar-refractivity contribution in [1.29, 1.82) is 0 Å². The molecule has 0 saturated carbocycles. The first-order valence-corrected chi connectivity index (χ1v) is 8.12. The molecule has 116 valence electrons. The van der Waals surface area contributed by atoms with E-state index < -0.39 is 0 Å². The predicted octanol–water partition coefficient (Wildman–Crippen LogP) is 2.32. The van der Waals surface area contributed by atoms with Crippen LogP contribution in [0, 0.1) is 0 Å². The number of carbonyl (C=O) groups excluding carboxylic acids is 1. The maximum atomic E-state index is 11.2. The number of rotatable bonds is 5. The molecule has 5 nitrogen and oxygen atoms in total. The Kier molecular flexibility index (Phi) is 6.32. The van der Waals surface area contributed by atoms with Gasteiger partial charge in [0.2, 0.25) is 0 Å². The monoisotopic (exact) mass is 355 g/mol. The van der Waals surface area contributed by atoms with Crippen LogP contribution in [0.4, 0.5) is 10.5 Å². The Morgan fingerprint density at radius 3 is 2.52 bits per heavy atom. The van der Waals surface area contributed by atoms with Gasteiger partial charge < -0.3 is 15.0 Å². The predicted molar refractivity (Wildman–Crippen MR) is 87.8 cm³/mol. The molecule has 1 fully saturated rings. The van der Waals surface area contributed by atoms with E-state index in [-0.39, 0.29) is 6.09 Å². The molecule has 0 aromatic heterocycles. The Labute approximate surface area is 134 Å². The lowest BCUT2D eigenvalue weighted by Crippen LogP contribution is -2.48. The Morgan fingerprint density at radius 2 is 1.90 bits per heavy atom. The number of nitrogens with zero attached hydrogens (tertiary/aromatic N) is 2. The van der Waals surface area contributed by atoms with Crippen LogP contribution in [-0.2, 0) is 4.74 Å². The second kappa shape index (κ2) is 8.24. The van der Waals surface area contributed by atoms with Crippen LogP contribution in [0.15, 0.2) is 28.7 Å². The summed E-state index contributed by atoms with van der Waals surface area (Å²) in [6.07, 6.45) is -0.328. The third kappa shape index (κ3) is 5.21. The number of hydrogen-bond donors (Lipinski definition) is 1. The van der Waals surface area contributed by atoms with Gasteiger partial charge in [-0.1, -0.05) is 15.9 Å². The van der Waals surface area contributed by atoms with Gasteiger partial charge in [-0.05, 0) is 31.2 Å². The molecule has 6 heteroatoms. The lowest BCUT2D eigenvalue weighted by atomic mass is 10.2. The minimum absolute atomic E-state index is 0.328. The van der Waals surface area contributed by atoms with E-state index in [4.69, 9.17) is 4.74 Å². The number of amides is 1. The number of piperazine rings is 1. The number of alkyl carbamates (subject to hydrolysis) is 1. The average Bonchev–Trinajstić information content (AvgIpc) is 2.49. The van der Waals surface area contributed by atoms with Crippen LogP contribution in [0.2, 0.25) is 0 Å². The summed E-state index contributed by atoms with van der Waals surface area (Å²) in [4.78, 5) is 15.9. The third-order valence-electron chi connectivity index (χ3n) is 3.54. The van der Waals surface area contributed by atoms with E-state index in [1.807, 2.05) is 0 Å². The van der Waals surface area contributed by atoms with Crippen LogP contribution in [0.3, 0.4) is 0 Å². The van der Waals surface area contributed by atoms with E-state index in [0.29, 0.717) is 13.2 Å². The molecule has 1 saturated heterocycles. The minimum atomic E-state index is -0.328.